The fourth-order valence-corrected chi connectivity index (χ4v) is 3.93. The fraction of sp³-hybridized carbons (Fsp3) is 0.333. The first kappa shape index (κ1) is 16.1. The van der Waals surface area contributed by atoms with Gasteiger partial charge in [0, 0.05) is 17.4 Å². The van der Waals surface area contributed by atoms with E-state index in [9.17, 15) is 13.5 Å². The van der Waals surface area contributed by atoms with Crippen LogP contribution in [0.15, 0.2) is 27.8 Å². The van der Waals surface area contributed by atoms with Crippen LogP contribution in [0.4, 0.5) is 0 Å². The van der Waals surface area contributed by atoms with E-state index in [-0.39, 0.29) is 18.0 Å². The van der Waals surface area contributed by atoms with Crippen LogP contribution in [0, 0.1) is 6.92 Å². The lowest BCUT2D eigenvalue weighted by molar-refractivity contribution is 0.281. The van der Waals surface area contributed by atoms with Crippen molar-refractivity contribution in [2.75, 3.05) is 6.54 Å². The summed E-state index contributed by atoms with van der Waals surface area (Å²) in [7, 11) is -3.67. The molecule has 2 aromatic rings. The lowest BCUT2D eigenvalue weighted by atomic mass is 10.1. The maximum absolute atomic E-state index is 12.3. The van der Waals surface area contributed by atoms with Gasteiger partial charge < -0.3 is 5.11 Å². The highest BCUT2D eigenvalue weighted by Crippen LogP contribution is 2.27. The number of H-pyrrole nitrogens is 1. The number of aliphatic hydroxyl groups is 1. The molecule has 0 spiro atoms. The third-order valence-corrected chi connectivity index (χ3v) is 5.67. The van der Waals surface area contributed by atoms with Crippen LogP contribution in [0.1, 0.15) is 17.0 Å². The largest absolute Gasteiger partial charge is 0.392 e. The number of sulfonamides is 1. The van der Waals surface area contributed by atoms with Crippen LogP contribution >= 0.6 is 15.9 Å². The molecule has 0 radical (unpaired) electrons. The average Bonchev–Trinajstić information content (AvgIpc) is 2.94. The van der Waals surface area contributed by atoms with E-state index in [0.717, 1.165) is 5.56 Å². The summed E-state index contributed by atoms with van der Waals surface area (Å²) < 4.78 is 27.7. The predicted octanol–water partition coefficient (Wildman–Crippen LogP) is 0.889. The Labute approximate surface area is 131 Å². The minimum absolute atomic E-state index is 0.115. The first-order chi connectivity index (χ1) is 9.94. The number of nitrogens with one attached hydrogen (secondary N) is 2. The summed E-state index contributed by atoms with van der Waals surface area (Å²) in [6.07, 6.45) is 1.78. The van der Waals surface area contributed by atoms with Gasteiger partial charge >= 0.3 is 0 Å². The number of aliphatic hydroxyl groups excluding tert-OH is 1. The van der Waals surface area contributed by atoms with Crippen LogP contribution in [0.5, 0.6) is 0 Å². The molecule has 1 aromatic carbocycles. The Morgan fingerprint density at radius 1 is 1.43 bits per heavy atom. The van der Waals surface area contributed by atoms with Gasteiger partial charge in [0.1, 0.15) is 12.2 Å². The van der Waals surface area contributed by atoms with Gasteiger partial charge in [-0.2, -0.15) is 5.10 Å². The maximum Gasteiger partial charge on any atom is 0.241 e. The number of aromatic amines is 1. The lowest BCUT2D eigenvalue weighted by Gasteiger charge is -2.11. The first-order valence-electron chi connectivity index (χ1n) is 6.18. The molecule has 0 atom stereocenters. The highest BCUT2D eigenvalue weighted by molar-refractivity contribution is 9.10. The Morgan fingerprint density at radius 3 is 2.81 bits per heavy atom. The molecule has 9 heteroatoms. The van der Waals surface area contributed by atoms with Crippen molar-refractivity contribution >= 4 is 26.0 Å². The Bertz CT molecular complexity index is 716. The van der Waals surface area contributed by atoms with Gasteiger partial charge in [-0.1, -0.05) is 6.07 Å². The second kappa shape index (κ2) is 6.65. The molecule has 0 amide bonds. The molecule has 3 N–H and O–H groups in total. The summed E-state index contributed by atoms with van der Waals surface area (Å²) in [4.78, 5) is 4.04. The Balaban J connectivity index is 2.17. The number of halogens is 1. The molecule has 0 unspecified atom stereocenters. The molecule has 1 aromatic heterocycles. The quantitative estimate of drug-likeness (QED) is 0.695. The lowest BCUT2D eigenvalue weighted by Crippen LogP contribution is -2.27. The molecule has 1 heterocycles. The molecule has 0 fully saturated rings. The molecule has 0 saturated carbocycles. The van der Waals surface area contributed by atoms with Crippen LogP contribution in [0.25, 0.3) is 0 Å². The average molecular weight is 375 g/mol. The van der Waals surface area contributed by atoms with Crippen molar-refractivity contribution in [1.29, 1.82) is 0 Å². The van der Waals surface area contributed by atoms with Crippen molar-refractivity contribution in [3.05, 3.63) is 39.9 Å². The second-order valence-corrected chi connectivity index (χ2v) is 6.99. The van der Waals surface area contributed by atoms with Crippen molar-refractivity contribution in [1.82, 2.24) is 19.9 Å². The zero-order valence-electron chi connectivity index (χ0n) is 11.3. The molecular weight excluding hydrogens is 360 g/mol. The molecule has 0 aliphatic carbocycles. The van der Waals surface area contributed by atoms with Crippen molar-refractivity contribution in [3.63, 3.8) is 0 Å². The third-order valence-electron chi connectivity index (χ3n) is 2.87. The summed E-state index contributed by atoms with van der Waals surface area (Å²) in [5, 5.41) is 15.6. The van der Waals surface area contributed by atoms with E-state index >= 15 is 0 Å². The van der Waals surface area contributed by atoms with Crippen molar-refractivity contribution in [2.24, 2.45) is 0 Å². The number of nitrogens with zero attached hydrogens (tertiary/aromatic N) is 2. The van der Waals surface area contributed by atoms with Crippen LogP contribution < -0.4 is 4.72 Å². The number of rotatable bonds is 6. The van der Waals surface area contributed by atoms with Gasteiger partial charge in [0.05, 0.1) is 11.5 Å². The zero-order valence-corrected chi connectivity index (χ0v) is 13.7. The van der Waals surface area contributed by atoms with Crippen molar-refractivity contribution in [3.8, 4) is 0 Å². The molecule has 7 nitrogen and oxygen atoms in total. The molecule has 2 rings (SSSR count). The Morgan fingerprint density at radius 2 is 2.19 bits per heavy atom. The summed E-state index contributed by atoms with van der Waals surface area (Å²) >= 11 is 3.28. The van der Waals surface area contributed by atoms with E-state index in [1.54, 1.807) is 13.0 Å². The number of aromatic nitrogens is 3. The van der Waals surface area contributed by atoms with E-state index in [2.05, 4.69) is 35.8 Å². The summed E-state index contributed by atoms with van der Waals surface area (Å²) in [5.74, 6) is 0.608. The van der Waals surface area contributed by atoms with Crippen LogP contribution in [0.2, 0.25) is 0 Å². The molecule has 0 saturated heterocycles. The molecular formula is C12H15BrN4O3S. The van der Waals surface area contributed by atoms with E-state index in [1.165, 1.54) is 12.4 Å². The van der Waals surface area contributed by atoms with Crippen LogP contribution in [-0.2, 0) is 23.1 Å². The highest BCUT2D eigenvalue weighted by Gasteiger charge is 2.19. The van der Waals surface area contributed by atoms with Gasteiger partial charge in [-0.05, 0) is 40.0 Å². The minimum atomic E-state index is -3.67. The third kappa shape index (κ3) is 3.88. The van der Waals surface area contributed by atoms with Gasteiger partial charge in [-0.3, -0.25) is 5.10 Å². The van der Waals surface area contributed by atoms with Gasteiger partial charge in [0.25, 0.3) is 0 Å². The molecule has 114 valence electrons. The molecule has 21 heavy (non-hydrogen) atoms. The normalized spacial score (nSPS) is 11.8. The first-order valence-corrected chi connectivity index (χ1v) is 8.45. The van der Waals surface area contributed by atoms with E-state index in [1.807, 2.05) is 0 Å². The number of aryl methyl sites for hydroxylation is 1. The molecule has 0 aliphatic rings. The monoisotopic (exact) mass is 374 g/mol. The van der Waals surface area contributed by atoms with E-state index in [4.69, 9.17) is 0 Å². The zero-order chi connectivity index (χ0) is 15.5. The number of hydrogen-bond donors (Lipinski definition) is 3. The Hall–Kier alpha value is -1.29. The number of benzene rings is 1. The SMILES string of the molecule is Cc1cc(CO)cc(S(=O)(=O)NCCc2ncn[nH]2)c1Br. The molecule has 0 aliphatic heterocycles. The smallest absolute Gasteiger partial charge is 0.241 e. The summed E-state index contributed by atoms with van der Waals surface area (Å²) in [6.45, 7) is 1.76. The van der Waals surface area contributed by atoms with Gasteiger partial charge in [0.15, 0.2) is 0 Å². The van der Waals surface area contributed by atoms with Gasteiger partial charge in [-0.15, -0.1) is 0 Å². The second-order valence-electron chi connectivity index (χ2n) is 4.46. The van der Waals surface area contributed by atoms with E-state index in [0.29, 0.717) is 22.3 Å². The minimum Gasteiger partial charge on any atom is -0.392 e. The maximum atomic E-state index is 12.3. The van der Waals surface area contributed by atoms with Crippen molar-refractivity contribution in [2.45, 2.75) is 24.8 Å². The topological polar surface area (TPSA) is 108 Å². The summed E-state index contributed by atoms with van der Waals surface area (Å²) in [6, 6.07) is 3.19. The molecule has 0 bridgehead atoms. The number of hydrogen-bond acceptors (Lipinski definition) is 5. The fourth-order valence-electron chi connectivity index (χ4n) is 1.83. The van der Waals surface area contributed by atoms with E-state index < -0.39 is 10.0 Å². The highest BCUT2D eigenvalue weighted by atomic mass is 79.9. The Kier molecular flexibility index (Phi) is 5.09. The summed E-state index contributed by atoms with van der Waals surface area (Å²) in [5.41, 5.74) is 1.29. The predicted molar refractivity (Wildman–Crippen MR) is 80.1 cm³/mol. The standard InChI is InChI=1S/C12H15BrN4O3S/c1-8-4-9(6-18)5-10(12(8)13)21(19,20)16-3-2-11-14-7-15-17-11/h4-5,7,16,18H,2-3,6H2,1H3,(H,14,15,17). The van der Waals surface area contributed by atoms with Crippen molar-refractivity contribution < 1.29 is 13.5 Å². The van der Waals surface area contributed by atoms with Crippen LogP contribution in [0.3, 0.4) is 0 Å². The van der Waals surface area contributed by atoms with Gasteiger partial charge in [0.2, 0.25) is 10.0 Å². The van der Waals surface area contributed by atoms with Gasteiger partial charge in [-0.25, -0.2) is 18.1 Å². The van der Waals surface area contributed by atoms with Crippen LogP contribution in [-0.4, -0.2) is 35.3 Å².